The molecule has 3 aromatic heterocycles. The molecule has 1 atom stereocenters. The first-order valence-corrected chi connectivity index (χ1v) is 12.5. The number of carbonyl (C=O) groups is 2. The molecular weight excluding hydrogens is 480 g/mol. The number of hydrogen-bond acceptors (Lipinski definition) is 6. The number of nitrogen functional groups attached to an aromatic ring is 1. The van der Waals surface area contributed by atoms with E-state index in [9.17, 15) is 9.59 Å². The van der Waals surface area contributed by atoms with Gasteiger partial charge in [-0.25, -0.2) is 14.3 Å². The molecule has 38 heavy (non-hydrogen) atoms. The summed E-state index contributed by atoms with van der Waals surface area (Å²) >= 11 is 0. The van der Waals surface area contributed by atoms with E-state index in [0.29, 0.717) is 43.1 Å². The maximum atomic E-state index is 13.7. The number of aromatic nitrogens is 5. The Morgan fingerprint density at radius 1 is 1.11 bits per heavy atom. The van der Waals surface area contributed by atoms with Crippen molar-refractivity contribution < 1.29 is 9.59 Å². The van der Waals surface area contributed by atoms with Gasteiger partial charge in [0, 0.05) is 50.2 Å². The van der Waals surface area contributed by atoms with Crippen molar-refractivity contribution in [3.05, 3.63) is 78.4 Å². The van der Waals surface area contributed by atoms with Gasteiger partial charge in [0.1, 0.15) is 17.5 Å². The normalized spacial score (nSPS) is 15.4. The molecule has 4 heterocycles. The number of urea groups is 1. The highest BCUT2D eigenvalue weighted by Gasteiger charge is 2.34. The van der Waals surface area contributed by atoms with Gasteiger partial charge in [0.15, 0.2) is 11.6 Å². The van der Waals surface area contributed by atoms with Gasteiger partial charge in [-0.15, -0.1) is 0 Å². The predicted molar refractivity (Wildman–Crippen MR) is 145 cm³/mol. The molecule has 2 amide bonds. The summed E-state index contributed by atoms with van der Waals surface area (Å²) in [5.74, 6) is -0.0802. The van der Waals surface area contributed by atoms with Gasteiger partial charge in [0.2, 0.25) is 0 Å². The molecule has 0 bridgehead atoms. The van der Waals surface area contributed by atoms with Crippen LogP contribution in [-0.2, 0) is 6.54 Å². The van der Waals surface area contributed by atoms with Gasteiger partial charge in [-0.3, -0.25) is 9.48 Å². The van der Waals surface area contributed by atoms with Crippen LogP contribution in [0.15, 0.2) is 67.1 Å². The highest BCUT2D eigenvalue weighted by molar-refractivity contribution is 6.03. The number of anilines is 1. The minimum absolute atomic E-state index is 0.0633. The lowest BCUT2D eigenvalue weighted by Gasteiger charge is -2.21. The van der Waals surface area contributed by atoms with Crippen LogP contribution in [0, 0.1) is 5.92 Å². The number of likely N-dealkylation sites (tertiary alicyclic amines) is 1. The Morgan fingerprint density at radius 2 is 1.92 bits per heavy atom. The van der Waals surface area contributed by atoms with Gasteiger partial charge in [-0.05, 0) is 29.7 Å². The van der Waals surface area contributed by atoms with Crippen LogP contribution >= 0.6 is 0 Å². The molecule has 1 unspecified atom stereocenters. The molecule has 0 saturated carbocycles. The third kappa shape index (κ3) is 4.13. The number of hydrogen-bond donors (Lipinski definition) is 1. The lowest BCUT2D eigenvalue weighted by molar-refractivity contribution is 0.0917. The summed E-state index contributed by atoms with van der Waals surface area (Å²) in [6.45, 7) is 1.60. The van der Waals surface area contributed by atoms with Crippen LogP contribution in [0.2, 0.25) is 0 Å². The molecule has 192 valence electrons. The van der Waals surface area contributed by atoms with E-state index in [1.54, 1.807) is 23.5 Å². The first-order chi connectivity index (χ1) is 18.4. The summed E-state index contributed by atoms with van der Waals surface area (Å²) in [6.07, 6.45) is 3.98. The number of fused-ring (bicyclic) bond motifs is 2. The average Bonchev–Trinajstić information content (AvgIpc) is 3.65. The molecule has 10 nitrogen and oxygen atoms in total. The molecule has 1 saturated heterocycles. The molecule has 6 rings (SSSR count). The van der Waals surface area contributed by atoms with Crippen molar-refractivity contribution in [2.45, 2.75) is 13.0 Å². The number of rotatable bonds is 5. The Morgan fingerprint density at radius 3 is 2.71 bits per heavy atom. The van der Waals surface area contributed by atoms with Crippen LogP contribution in [0.25, 0.3) is 27.5 Å². The Kier molecular flexibility index (Phi) is 5.79. The summed E-state index contributed by atoms with van der Waals surface area (Å²) in [4.78, 5) is 33.5. The van der Waals surface area contributed by atoms with Gasteiger partial charge in [0.05, 0.1) is 12.1 Å². The molecule has 0 spiro atoms. The monoisotopic (exact) mass is 508 g/mol. The van der Waals surface area contributed by atoms with E-state index in [2.05, 4.69) is 22.2 Å². The van der Waals surface area contributed by atoms with Crippen LogP contribution in [0.5, 0.6) is 0 Å². The van der Waals surface area contributed by atoms with Crippen LogP contribution in [0.3, 0.4) is 0 Å². The van der Waals surface area contributed by atoms with E-state index in [1.165, 1.54) is 16.8 Å². The molecule has 10 heteroatoms. The summed E-state index contributed by atoms with van der Waals surface area (Å²) in [6, 6.07) is 17.9. The number of nitrogens with two attached hydrogens (primary N) is 1. The van der Waals surface area contributed by atoms with Gasteiger partial charge < -0.3 is 15.5 Å². The second-order valence-corrected chi connectivity index (χ2v) is 9.91. The fraction of sp³-hybridized carbons (Fsp3) is 0.250. The third-order valence-electron chi connectivity index (χ3n) is 7.10. The van der Waals surface area contributed by atoms with E-state index in [1.807, 2.05) is 53.3 Å². The number of nitrogens with zero attached hydrogens (tertiary/aromatic N) is 7. The SMILES string of the molecule is CN(C)C(=O)N1CCC(C(=O)c2cc(-c3ccc4cn(Cc5ccccc5)nc4c3)c3c(N)ncnn23)C1. The Hall–Kier alpha value is -4.73. The van der Waals surface area contributed by atoms with E-state index in [4.69, 9.17) is 10.8 Å². The first-order valence-electron chi connectivity index (χ1n) is 12.5. The summed E-state index contributed by atoms with van der Waals surface area (Å²) in [5, 5.41) is 10.2. The minimum Gasteiger partial charge on any atom is -0.382 e. The predicted octanol–water partition coefficient (Wildman–Crippen LogP) is 3.56. The standard InChI is InChI=1S/C28H28N8O2/c1-33(2)28(38)34-11-10-21(15-34)26(37)24-13-22(25-27(29)30-17-31-36(24)25)19-8-9-20-16-35(32-23(20)12-19)14-18-6-4-3-5-7-18/h3-9,12-13,16-17,21H,10-11,14-15H2,1-2H3,(H2,29,30,31). The maximum absolute atomic E-state index is 13.7. The first kappa shape index (κ1) is 23.7. The van der Waals surface area contributed by atoms with Crippen molar-refractivity contribution in [2.24, 2.45) is 5.92 Å². The lowest BCUT2D eigenvalue weighted by Crippen LogP contribution is -2.38. The number of amides is 2. The maximum Gasteiger partial charge on any atom is 0.319 e. The van der Waals surface area contributed by atoms with Crippen LogP contribution < -0.4 is 5.73 Å². The summed E-state index contributed by atoms with van der Waals surface area (Å²) in [5.41, 5.74) is 11.0. The highest BCUT2D eigenvalue weighted by Crippen LogP contribution is 2.34. The minimum atomic E-state index is -0.308. The molecule has 1 aliphatic heterocycles. The second kappa shape index (κ2) is 9.29. The Bertz CT molecular complexity index is 1670. The van der Waals surface area contributed by atoms with Gasteiger partial charge in [0.25, 0.3) is 0 Å². The van der Waals surface area contributed by atoms with E-state index in [0.717, 1.165) is 22.0 Å². The van der Waals surface area contributed by atoms with Crippen molar-refractivity contribution >= 4 is 34.1 Å². The number of Topliss-reactive ketones (excluding diaryl/α,β-unsaturated/α-hetero) is 1. The van der Waals surface area contributed by atoms with Crippen LogP contribution in [0.1, 0.15) is 22.5 Å². The molecule has 2 aromatic carbocycles. The van der Waals surface area contributed by atoms with Crippen molar-refractivity contribution in [1.82, 2.24) is 34.2 Å². The lowest BCUT2D eigenvalue weighted by atomic mass is 9.99. The molecular formula is C28H28N8O2. The largest absolute Gasteiger partial charge is 0.382 e. The number of ketones is 1. The van der Waals surface area contributed by atoms with Gasteiger partial charge in [-0.2, -0.15) is 10.2 Å². The molecule has 1 fully saturated rings. The fourth-order valence-electron chi connectivity index (χ4n) is 5.19. The van der Waals surface area contributed by atoms with Crippen LogP contribution in [0.4, 0.5) is 10.6 Å². The number of benzene rings is 2. The topological polar surface area (TPSA) is 115 Å². The zero-order valence-electron chi connectivity index (χ0n) is 21.3. The molecule has 0 radical (unpaired) electrons. The van der Waals surface area contributed by atoms with Crippen molar-refractivity contribution in [3.63, 3.8) is 0 Å². The highest BCUT2D eigenvalue weighted by atomic mass is 16.2. The average molecular weight is 509 g/mol. The smallest absolute Gasteiger partial charge is 0.319 e. The van der Waals surface area contributed by atoms with Gasteiger partial charge in [-0.1, -0.05) is 42.5 Å². The van der Waals surface area contributed by atoms with Crippen LogP contribution in [-0.4, -0.2) is 73.2 Å². The molecule has 2 N–H and O–H groups in total. The Labute approximate surface area is 219 Å². The summed E-state index contributed by atoms with van der Waals surface area (Å²) < 4.78 is 3.50. The van der Waals surface area contributed by atoms with E-state index < -0.39 is 0 Å². The zero-order chi connectivity index (χ0) is 26.4. The Balaban J connectivity index is 1.36. The second-order valence-electron chi connectivity index (χ2n) is 9.91. The molecule has 1 aliphatic rings. The third-order valence-corrected chi connectivity index (χ3v) is 7.10. The van der Waals surface area contributed by atoms with Gasteiger partial charge >= 0.3 is 6.03 Å². The molecule has 0 aliphatic carbocycles. The van der Waals surface area contributed by atoms with E-state index in [-0.39, 0.29) is 17.7 Å². The van der Waals surface area contributed by atoms with Crippen molar-refractivity contribution in [3.8, 4) is 11.1 Å². The summed E-state index contributed by atoms with van der Waals surface area (Å²) in [7, 11) is 3.43. The molecule has 5 aromatic rings. The number of carbonyl (C=O) groups excluding carboxylic acids is 2. The van der Waals surface area contributed by atoms with E-state index >= 15 is 0 Å². The zero-order valence-corrected chi connectivity index (χ0v) is 21.3. The van der Waals surface area contributed by atoms with Crippen molar-refractivity contribution in [2.75, 3.05) is 32.9 Å². The fourth-order valence-corrected chi connectivity index (χ4v) is 5.19. The van der Waals surface area contributed by atoms with Crippen molar-refractivity contribution in [1.29, 1.82) is 0 Å². The quantitative estimate of drug-likeness (QED) is 0.363.